The quantitative estimate of drug-likeness (QED) is 0.625. The predicted molar refractivity (Wildman–Crippen MR) is 38.9 cm³/mol. The molecule has 0 fully saturated rings. The standard InChI is InChI=1S/C7H8N2O3/c10-3-5-6-7(9-4-8-5)12-2-1-11-6/h4,10H,1-3H2. The molecule has 0 atom stereocenters. The summed E-state index contributed by atoms with van der Waals surface area (Å²) in [6, 6.07) is 0. The second kappa shape index (κ2) is 2.94. The molecule has 1 aliphatic rings. The minimum atomic E-state index is -0.159. The fraction of sp³-hybridized carbons (Fsp3) is 0.429. The van der Waals surface area contributed by atoms with Crippen molar-refractivity contribution in [2.45, 2.75) is 6.61 Å². The number of fused-ring (bicyclic) bond motifs is 1. The van der Waals surface area contributed by atoms with Gasteiger partial charge in [-0.05, 0) is 0 Å². The summed E-state index contributed by atoms with van der Waals surface area (Å²) in [4.78, 5) is 7.70. The Hall–Kier alpha value is -1.36. The topological polar surface area (TPSA) is 64.5 Å². The summed E-state index contributed by atoms with van der Waals surface area (Å²) in [6.45, 7) is 0.816. The Morgan fingerprint density at radius 2 is 2.17 bits per heavy atom. The summed E-state index contributed by atoms with van der Waals surface area (Å²) in [5, 5.41) is 8.87. The summed E-state index contributed by atoms with van der Waals surface area (Å²) >= 11 is 0. The molecular formula is C7H8N2O3. The van der Waals surface area contributed by atoms with E-state index in [9.17, 15) is 0 Å². The summed E-state index contributed by atoms with van der Waals surface area (Å²) in [5.74, 6) is 0.881. The van der Waals surface area contributed by atoms with Crippen LogP contribution in [0.5, 0.6) is 11.6 Å². The molecule has 1 aromatic rings. The molecule has 0 saturated heterocycles. The van der Waals surface area contributed by atoms with Gasteiger partial charge in [0, 0.05) is 0 Å². The van der Waals surface area contributed by atoms with Crippen LogP contribution in [-0.2, 0) is 6.61 Å². The average molecular weight is 168 g/mol. The lowest BCUT2D eigenvalue weighted by molar-refractivity contribution is 0.156. The number of rotatable bonds is 1. The van der Waals surface area contributed by atoms with Gasteiger partial charge in [-0.25, -0.2) is 4.98 Å². The Morgan fingerprint density at radius 3 is 3.00 bits per heavy atom. The van der Waals surface area contributed by atoms with E-state index in [0.717, 1.165) is 0 Å². The van der Waals surface area contributed by atoms with Crippen LogP contribution in [-0.4, -0.2) is 28.3 Å². The van der Waals surface area contributed by atoms with Crippen LogP contribution in [0.1, 0.15) is 5.69 Å². The highest BCUT2D eigenvalue weighted by molar-refractivity contribution is 5.37. The molecule has 5 heteroatoms. The van der Waals surface area contributed by atoms with Gasteiger partial charge in [-0.2, -0.15) is 4.98 Å². The lowest BCUT2D eigenvalue weighted by atomic mass is 10.3. The van der Waals surface area contributed by atoms with Crippen LogP contribution in [0.2, 0.25) is 0 Å². The van der Waals surface area contributed by atoms with Gasteiger partial charge >= 0.3 is 0 Å². The third-order valence-electron chi connectivity index (χ3n) is 1.56. The first-order valence-electron chi connectivity index (χ1n) is 3.62. The zero-order chi connectivity index (χ0) is 8.39. The van der Waals surface area contributed by atoms with Gasteiger partial charge < -0.3 is 14.6 Å². The number of aromatic nitrogens is 2. The fourth-order valence-electron chi connectivity index (χ4n) is 1.03. The number of hydrogen-bond acceptors (Lipinski definition) is 5. The first-order valence-corrected chi connectivity index (χ1v) is 3.62. The van der Waals surface area contributed by atoms with Gasteiger partial charge in [0.25, 0.3) is 5.88 Å². The summed E-state index contributed by atoms with van der Waals surface area (Å²) in [7, 11) is 0. The van der Waals surface area contributed by atoms with Crippen LogP contribution in [0, 0.1) is 0 Å². The second-order valence-electron chi connectivity index (χ2n) is 2.31. The molecule has 0 spiro atoms. The Kier molecular flexibility index (Phi) is 1.79. The van der Waals surface area contributed by atoms with Crippen LogP contribution >= 0.6 is 0 Å². The first-order chi connectivity index (χ1) is 5.92. The Bertz CT molecular complexity index is 276. The third kappa shape index (κ3) is 1.08. The zero-order valence-corrected chi connectivity index (χ0v) is 6.36. The lowest BCUT2D eigenvalue weighted by Gasteiger charge is -2.17. The highest BCUT2D eigenvalue weighted by atomic mass is 16.6. The molecule has 1 aromatic heterocycles. The number of aliphatic hydroxyl groups is 1. The SMILES string of the molecule is OCc1ncnc2c1OCCO2. The van der Waals surface area contributed by atoms with Gasteiger partial charge in [0.1, 0.15) is 25.2 Å². The van der Waals surface area contributed by atoms with Gasteiger partial charge in [-0.3, -0.25) is 0 Å². The van der Waals surface area contributed by atoms with Crippen LogP contribution < -0.4 is 9.47 Å². The van der Waals surface area contributed by atoms with E-state index in [2.05, 4.69) is 9.97 Å². The third-order valence-corrected chi connectivity index (χ3v) is 1.56. The Labute approximate surface area is 69.0 Å². The molecule has 0 saturated carbocycles. The highest BCUT2D eigenvalue weighted by Gasteiger charge is 2.17. The molecule has 2 rings (SSSR count). The van der Waals surface area contributed by atoms with Crippen LogP contribution in [0.4, 0.5) is 0 Å². The molecule has 0 aromatic carbocycles. The van der Waals surface area contributed by atoms with Gasteiger partial charge in [-0.15, -0.1) is 0 Å². The summed E-state index contributed by atoms with van der Waals surface area (Å²) < 4.78 is 10.4. The van der Waals surface area contributed by atoms with E-state index in [-0.39, 0.29) is 6.61 Å². The molecule has 0 aliphatic carbocycles. The smallest absolute Gasteiger partial charge is 0.260 e. The van der Waals surface area contributed by atoms with Crippen molar-refractivity contribution < 1.29 is 14.6 Å². The maximum absolute atomic E-state index is 8.87. The van der Waals surface area contributed by atoms with E-state index in [1.54, 1.807) is 0 Å². The Morgan fingerprint density at radius 1 is 1.33 bits per heavy atom. The monoisotopic (exact) mass is 168 g/mol. The molecule has 0 radical (unpaired) electrons. The van der Waals surface area contributed by atoms with Crippen LogP contribution in [0.25, 0.3) is 0 Å². The molecule has 2 heterocycles. The number of hydrogen-bond donors (Lipinski definition) is 1. The van der Waals surface area contributed by atoms with Crippen molar-refractivity contribution in [1.82, 2.24) is 9.97 Å². The van der Waals surface area contributed by atoms with E-state index in [1.807, 2.05) is 0 Å². The maximum Gasteiger partial charge on any atom is 0.260 e. The normalized spacial score (nSPS) is 14.4. The maximum atomic E-state index is 8.87. The molecule has 5 nitrogen and oxygen atoms in total. The van der Waals surface area contributed by atoms with E-state index >= 15 is 0 Å². The van der Waals surface area contributed by atoms with Gasteiger partial charge in [0.15, 0.2) is 0 Å². The van der Waals surface area contributed by atoms with Gasteiger partial charge in [0.2, 0.25) is 5.75 Å². The van der Waals surface area contributed by atoms with Crippen molar-refractivity contribution in [2.75, 3.05) is 13.2 Å². The molecular weight excluding hydrogens is 160 g/mol. The molecule has 12 heavy (non-hydrogen) atoms. The minimum absolute atomic E-state index is 0.159. The first kappa shape index (κ1) is 7.30. The van der Waals surface area contributed by atoms with Crippen LogP contribution in [0.3, 0.4) is 0 Å². The van der Waals surface area contributed by atoms with Crippen molar-refractivity contribution in [1.29, 1.82) is 0 Å². The molecule has 0 unspecified atom stereocenters. The van der Waals surface area contributed by atoms with Crippen molar-refractivity contribution in [3.8, 4) is 11.6 Å². The van der Waals surface area contributed by atoms with E-state index in [0.29, 0.717) is 30.5 Å². The lowest BCUT2D eigenvalue weighted by Crippen LogP contribution is -2.18. The number of nitrogens with zero attached hydrogens (tertiary/aromatic N) is 2. The van der Waals surface area contributed by atoms with E-state index < -0.39 is 0 Å². The van der Waals surface area contributed by atoms with E-state index in [1.165, 1.54) is 6.33 Å². The number of aliphatic hydroxyl groups excluding tert-OH is 1. The highest BCUT2D eigenvalue weighted by Crippen LogP contribution is 2.29. The molecule has 1 N–H and O–H groups in total. The number of ether oxygens (including phenoxy) is 2. The largest absolute Gasteiger partial charge is 0.483 e. The van der Waals surface area contributed by atoms with Crippen molar-refractivity contribution in [2.24, 2.45) is 0 Å². The Balaban J connectivity index is 2.44. The predicted octanol–water partition coefficient (Wildman–Crippen LogP) is -0.260. The van der Waals surface area contributed by atoms with Gasteiger partial charge in [0.05, 0.1) is 6.61 Å². The second-order valence-corrected chi connectivity index (χ2v) is 2.31. The molecule has 64 valence electrons. The molecule has 0 bridgehead atoms. The summed E-state index contributed by atoms with van der Waals surface area (Å²) in [6.07, 6.45) is 1.35. The fourth-order valence-corrected chi connectivity index (χ4v) is 1.03. The van der Waals surface area contributed by atoms with E-state index in [4.69, 9.17) is 14.6 Å². The van der Waals surface area contributed by atoms with Crippen LogP contribution in [0.15, 0.2) is 6.33 Å². The van der Waals surface area contributed by atoms with Crippen molar-refractivity contribution >= 4 is 0 Å². The average Bonchev–Trinajstić information content (AvgIpc) is 2.17. The zero-order valence-electron chi connectivity index (χ0n) is 6.36. The minimum Gasteiger partial charge on any atom is -0.483 e. The molecule has 0 amide bonds. The van der Waals surface area contributed by atoms with Gasteiger partial charge in [-0.1, -0.05) is 0 Å². The molecule has 1 aliphatic heterocycles. The van der Waals surface area contributed by atoms with Crippen molar-refractivity contribution in [3.05, 3.63) is 12.0 Å². The summed E-state index contributed by atoms with van der Waals surface area (Å²) in [5.41, 5.74) is 0.472. The van der Waals surface area contributed by atoms with Crippen molar-refractivity contribution in [3.63, 3.8) is 0 Å².